The lowest BCUT2D eigenvalue weighted by molar-refractivity contribution is 0.164. The molecule has 0 heterocycles. The van der Waals surface area contributed by atoms with E-state index in [0.29, 0.717) is 37.6 Å². The summed E-state index contributed by atoms with van der Waals surface area (Å²) in [6, 6.07) is 7.01. The topological polar surface area (TPSA) is 55.8 Å². The van der Waals surface area contributed by atoms with E-state index in [2.05, 4.69) is 0 Å². The van der Waals surface area contributed by atoms with Crippen molar-refractivity contribution in [2.45, 2.75) is 18.2 Å². The van der Waals surface area contributed by atoms with Gasteiger partial charge < -0.3 is 9.47 Å². The lowest BCUT2D eigenvalue weighted by atomic mass is 10.2. The lowest BCUT2D eigenvalue weighted by Gasteiger charge is -2.22. The molecule has 0 bridgehead atoms. The highest BCUT2D eigenvalue weighted by Gasteiger charge is 2.25. The van der Waals surface area contributed by atoms with E-state index in [0.717, 1.165) is 5.56 Å². The highest BCUT2D eigenvalue weighted by Crippen LogP contribution is 2.19. The Balaban J connectivity index is 2.95. The third kappa shape index (κ3) is 4.56. The van der Waals surface area contributed by atoms with E-state index in [9.17, 15) is 8.42 Å². The lowest BCUT2D eigenvalue weighted by Crippen LogP contribution is -2.35. The van der Waals surface area contributed by atoms with Crippen molar-refractivity contribution < 1.29 is 17.9 Å². The Hall–Kier alpha value is -0.950. The maximum Gasteiger partial charge on any atom is 0.243 e. The average Bonchev–Trinajstić information content (AvgIpc) is 2.42. The molecule has 0 amide bonds. The monoisotopic (exact) mass is 301 g/mol. The molecule has 20 heavy (non-hydrogen) atoms. The Morgan fingerprint density at radius 1 is 1.05 bits per heavy atom. The van der Waals surface area contributed by atoms with Gasteiger partial charge in [-0.15, -0.1) is 0 Å². The number of hydrogen-bond donors (Lipinski definition) is 0. The number of benzene rings is 1. The van der Waals surface area contributed by atoms with Crippen molar-refractivity contribution in [3.05, 3.63) is 29.8 Å². The van der Waals surface area contributed by atoms with E-state index < -0.39 is 10.0 Å². The maximum atomic E-state index is 12.7. The fourth-order valence-electron chi connectivity index (χ4n) is 1.92. The van der Waals surface area contributed by atoms with E-state index in [1.807, 2.05) is 6.07 Å². The van der Waals surface area contributed by atoms with Crippen LogP contribution in [-0.4, -0.2) is 53.2 Å². The normalized spacial score (nSPS) is 12.0. The number of ether oxygens (including phenoxy) is 2. The van der Waals surface area contributed by atoms with Crippen LogP contribution in [0.5, 0.6) is 0 Å². The first-order valence-corrected chi connectivity index (χ1v) is 8.01. The van der Waals surface area contributed by atoms with Crippen molar-refractivity contribution in [2.24, 2.45) is 0 Å². The first-order chi connectivity index (χ1) is 9.54. The van der Waals surface area contributed by atoms with Crippen LogP contribution in [0.25, 0.3) is 0 Å². The van der Waals surface area contributed by atoms with Crippen LogP contribution in [0, 0.1) is 6.92 Å². The molecule has 0 N–H and O–H groups in total. The van der Waals surface area contributed by atoms with E-state index in [1.54, 1.807) is 39.3 Å². The summed E-state index contributed by atoms with van der Waals surface area (Å²) in [6.45, 7) is 3.48. The third-order valence-corrected chi connectivity index (χ3v) is 5.07. The van der Waals surface area contributed by atoms with Crippen LogP contribution < -0.4 is 0 Å². The number of hydrogen-bond acceptors (Lipinski definition) is 4. The predicted octanol–water partition coefficient (Wildman–Crippen LogP) is 1.67. The van der Waals surface area contributed by atoms with Crippen molar-refractivity contribution in [3.63, 3.8) is 0 Å². The molecule has 0 aliphatic rings. The summed E-state index contributed by atoms with van der Waals surface area (Å²) in [5, 5.41) is 0. The zero-order valence-corrected chi connectivity index (χ0v) is 13.1. The van der Waals surface area contributed by atoms with Crippen LogP contribution in [0.1, 0.15) is 12.0 Å². The molecule has 1 aromatic rings. The molecule has 114 valence electrons. The number of methoxy groups -OCH3 is 2. The van der Waals surface area contributed by atoms with Crippen LogP contribution >= 0.6 is 0 Å². The van der Waals surface area contributed by atoms with E-state index in [1.165, 1.54) is 4.31 Å². The highest BCUT2D eigenvalue weighted by atomic mass is 32.2. The second-order valence-electron chi connectivity index (χ2n) is 4.51. The van der Waals surface area contributed by atoms with Gasteiger partial charge in [0.2, 0.25) is 10.0 Å². The molecule has 1 aromatic carbocycles. The number of rotatable bonds is 9. The summed E-state index contributed by atoms with van der Waals surface area (Å²) in [5.74, 6) is 0. The number of nitrogens with zero attached hydrogens (tertiary/aromatic N) is 1. The Morgan fingerprint density at radius 3 is 2.30 bits per heavy atom. The van der Waals surface area contributed by atoms with Gasteiger partial charge in [0.15, 0.2) is 0 Å². The van der Waals surface area contributed by atoms with Gasteiger partial charge in [0.25, 0.3) is 0 Å². The summed E-state index contributed by atoms with van der Waals surface area (Å²) in [5.41, 5.74) is 0.752. The standard InChI is InChI=1S/C14H23NO4S/c1-13-7-4-5-8-14(13)20(16,17)15(10-12-19-3)9-6-11-18-2/h4-5,7-8H,6,9-12H2,1-3H3. The molecule has 0 spiro atoms. The van der Waals surface area contributed by atoms with Gasteiger partial charge in [0.05, 0.1) is 11.5 Å². The molecule has 0 saturated heterocycles. The quantitative estimate of drug-likeness (QED) is 0.651. The Labute approximate surface area is 121 Å². The van der Waals surface area contributed by atoms with Crippen molar-refractivity contribution in [1.82, 2.24) is 4.31 Å². The number of sulfonamides is 1. The van der Waals surface area contributed by atoms with E-state index in [4.69, 9.17) is 9.47 Å². The Bertz CT molecular complexity index is 502. The fourth-order valence-corrected chi connectivity index (χ4v) is 3.60. The minimum Gasteiger partial charge on any atom is -0.385 e. The van der Waals surface area contributed by atoms with E-state index >= 15 is 0 Å². The summed E-state index contributed by atoms with van der Waals surface area (Å²) < 4.78 is 36.8. The second-order valence-corrected chi connectivity index (χ2v) is 6.42. The van der Waals surface area contributed by atoms with Crippen LogP contribution in [0.15, 0.2) is 29.2 Å². The molecular weight excluding hydrogens is 278 g/mol. The van der Waals surface area contributed by atoms with Crippen LogP contribution in [0.4, 0.5) is 0 Å². The minimum absolute atomic E-state index is 0.344. The van der Waals surface area contributed by atoms with Gasteiger partial charge in [-0.1, -0.05) is 18.2 Å². The van der Waals surface area contributed by atoms with Crippen molar-refractivity contribution >= 4 is 10.0 Å². The highest BCUT2D eigenvalue weighted by molar-refractivity contribution is 7.89. The first kappa shape index (κ1) is 17.1. The summed E-state index contributed by atoms with van der Waals surface area (Å²) in [7, 11) is -0.317. The molecule has 0 aromatic heterocycles. The van der Waals surface area contributed by atoms with Gasteiger partial charge in [-0.05, 0) is 25.0 Å². The predicted molar refractivity (Wildman–Crippen MR) is 78.3 cm³/mol. The molecule has 0 fully saturated rings. The van der Waals surface area contributed by atoms with Gasteiger partial charge in [-0.25, -0.2) is 8.42 Å². The molecule has 0 aliphatic heterocycles. The Morgan fingerprint density at radius 2 is 1.70 bits per heavy atom. The SMILES string of the molecule is COCCCN(CCOC)S(=O)(=O)c1ccccc1C. The average molecular weight is 301 g/mol. The van der Waals surface area contributed by atoms with Crippen molar-refractivity contribution in [2.75, 3.05) is 40.5 Å². The van der Waals surface area contributed by atoms with Gasteiger partial charge in [0, 0.05) is 33.9 Å². The van der Waals surface area contributed by atoms with Gasteiger partial charge in [0.1, 0.15) is 0 Å². The van der Waals surface area contributed by atoms with Crippen molar-refractivity contribution in [1.29, 1.82) is 0 Å². The summed E-state index contributed by atoms with van der Waals surface area (Å²) in [6.07, 6.45) is 0.658. The van der Waals surface area contributed by atoms with E-state index in [-0.39, 0.29) is 0 Å². The molecule has 6 heteroatoms. The summed E-state index contributed by atoms with van der Waals surface area (Å²) in [4.78, 5) is 0.355. The maximum absolute atomic E-state index is 12.7. The molecule has 0 unspecified atom stereocenters. The molecule has 0 atom stereocenters. The smallest absolute Gasteiger partial charge is 0.243 e. The number of aryl methyl sites for hydroxylation is 1. The zero-order chi connectivity index (χ0) is 15.0. The molecule has 1 rings (SSSR count). The van der Waals surface area contributed by atoms with Gasteiger partial charge >= 0.3 is 0 Å². The first-order valence-electron chi connectivity index (χ1n) is 6.57. The van der Waals surface area contributed by atoms with Crippen LogP contribution in [-0.2, 0) is 19.5 Å². The molecule has 0 radical (unpaired) electrons. The Kier molecular flexibility index (Phi) is 7.15. The minimum atomic E-state index is -3.49. The third-order valence-electron chi connectivity index (χ3n) is 3.01. The van der Waals surface area contributed by atoms with Crippen LogP contribution in [0.3, 0.4) is 0 Å². The largest absolute Gasteiger partial charge is 0.385 e. The molecule has 0 saturated carbocycles. The van der Waals surface area contributed by atoms with Gasteiger partial charge in [-0.3, -0.25) is 0 Å². The molecule has 5 nitrogen and oxygen atoms in total. The molecular formula is C14H23NO4S. The van der Waals surface area contributed by atoms with Crippen molar-refractivity contribution in [3.8, 4) is 0 Å². The fraction of sp³-hybridized carbons (Fsp3) is 0.571. The molecule has 0 aliphatic carbocycles. The summed E-state index contributed by atoms with van der Waals surface area (Å²) >= 11 is 0. The van der Waals surface area contributed by atoms with Crippen LogP contribution in [0.2, 0.25) is 0 Å². The van der Waals surface area contributed by atoms with Gasteiger partial charge in [-0.2, -0.15) is 4.31 Å². The second kappa shape index (κ2) is 8.36. The zero-order valence-electron chi connectivity index (χ0n) is 12.3.